The number of hydrogen-bond donors (Lipinski definition) is 1. The molecular formula is C12H18N2. The minimum absolute atomic E-state index is 0.187. The first-order valence-corrected chi connectivity index (χ1v) is 5.23. The lowest BCUT2D eigenvalue weighted by atomic mass is 10.1. The number of fused-ring (bicyclic) bond motifs is 1. The van der Waals surface area contributed by atoms with E-state index in [1.165, 1.54) is 16.8 Å². The zero-order valence-corrected chi connectivity index (χ0v) is 9.12. The summed E-state index contributed by atoms with van der Waals surface area (Å²) >= 11 is 0. The van der Waals surface area contributed by atoms with Crippen molar-refractivity contribution < 1.29 is 0 Å². The van der Waals surface area contributed by atoms with Crippen LogP contribution in [0.15, 0.2) is 18.2 Å². The van der Waals surface area contributed by atoms with Crippen LogP contribution in [0, 0.1) is 6.92 Å². The zero-order chi connectivity index (χ0) is 10.3. The lowest BCUT2D eigenvalue weighted by Crippen LogP contribution is -2.31. The van der Waals surface area contributed by atoms with E-state index in [4.69, 9.17) is 5.73 Å². The Morgan fingerprint density at radius 1 is 1.43 bits per heavy atom. The second-order valence-corrected chi connectivity index (χ2v) is 4.37. The van der Waals surface area contributed by atoms with Crippen molar-refractivity contribution in [3.05, 3.63) is 29.3 Å². The maximum Gasteiger partial charge on any atom is 0.0494 e. The van der Waals surface area contributed by atoms with Gasteiger partial charge in [0.25, 0.3) is 0 Å². The highest BCUT2D eigenvalue weighted by Crippen LogP contribution is 2.37. The Labute approximate surface area is 85.7 Å². The monoisotopic (exact) mass is 190 g/mol. The van der Waals surface area contributed by atoms with Crippen LogP contribution in [0.4, 0.5) is 5.69 Å². The molecule has 0 bridgehead atoms. The number of aryl methyl sites for hydroxylation is 1. The predicted octanol–water partition coefficient (Wildman–Crippen LogP) is 2.22. The van der Waals surface area contributed by atoms with Gasteiger partial charge in [-0.1, -0.05) is 18.2 Å². The molecule has 0 fully saturated rings. The fourth-order valence-electron chi connectivity index (χ4n) is 2.24. The SMILES string of the molecule is Cc1cccc2c1N(C(C)C)CC2N. The Balaban J connectivity index is 2.51. The summed E-state index contributed by atoms with van der Waals surface area (Å²) in [6.45, 7) is 7.55. The van der Waals surface area contributed by atoms with E-state index >= 15 is 0 Å². The topological polar surface area (TPSA) is 29.3 Å². The van der Waals surface area contributed by atoms with Crippen LogP contribution in [0.25, 0.3) is 0 Å². The van der Waals surface area contributed by atoms with Gasteiger partial charge in [-0.15, -0.1) is 0 Å². The van der Waals surface area contributed by atoms with E-state index in [0.717, 1.165) is 6.54 Å². The first kappa shape index (κ1) is 9.53. The fraction of sp³-hybridized carbons (Fsp3) is 0.500. The van der Waals surface area contributed by atoms with Crippen LogP contribution in [-0.2, 0) is 0 Å². The molecule has 0 saturated carbocycles. The third-order valence-electron chi connectivity index (χ3n) is 2.97. The maximum atomic E-state index is 6.10. The highest BCUT2D eigenvalue weighted by Gasteiger charge is 2.28. The average Bonchev–Trinajstić information content (AvgIpc) is 2.46. The van der Waals surface area contributed by atoms with Gasteiger partial charge in [-0.2, -0.15) is 0 Å². The molecule has 1 heterocycles. The van der Waals surface area contributed by atoms with Crippen molar-refractivity contribution in [3.63, 3.8) is 0 Å². The van der Waals surface area contributed by atoms with Crippen molar-refractivity contribution in [2.75, 3.05) is 11.4 Å². The lowest BCUT2D eigenvalue weighted by Gasteiger charge is -2.25. The van der Waals surface area contributed by atoms with Crippen LogP contribution in [0.2, 0.25) is 0 Å². The molecule has 0 aliphatic carbocycles. The van der Waals surface area contributed by atoms with Gasteiger partial charge in [0.2, 0.25) is 0 Å². The maximum absolute atomic E-state index is 6.10. The molecule has 1 aromatic rings. The van der Waals surface area contributed by atoms with Crippen molar-refractivity contribution in [1.29, 1.82) is 0 Å². The second kappa shape index (κ2) is 3.28. The summed E-state index contributed by atoms with van der Waals surface area (Å²) in [5.41, 5.74) is 10.1. The number of anilines is 1. The van der Waals surface area contributed by atoms with Crippen molar-refractivity contribution >= 4 is 5.69 Å². The minimum Gasteiger partial charge on any atom is -0.367 e. The second-order valence-electron chi connectivity index (χ2n) is 4.37. The van der Waals surface area contributed by atoms with Gasteiger partial charge >= 0.3 is 0 Å². The molecule has 2 heteroatoms. The molecule has 76 valence electrons. The van der Waals surface area contributed by atoms with E-state index in [1.54, 1.807) is 0 Å². The molecule has 0 spiro atoms. The van der Waals surface area contributed by atoms with Crippen molar-refractivity contribution in [1.82, 2.24) is 0 Å². The Kier molecular flexibility index (Phi) is 2.23. The number of hydrogen-bond acceptors (Lipinski definition) is 2. The molecule has 0 aromatic heterocycles. The summed E-state index contributed by atoms with van der Waals surface area (Å²) in [4.78, 5) is 2.40. The molecule has 2 nitrogen and oxygen atoms in total. The number of nitrogens with zero attached hydrogens (tertiary/aromatic N) is 1. The minimum atomic E-state index is 0.187. The molecule has 1 atom stereocenters. The number of rotatable bonds is 1. The summed E-state index contributed by atoms with van der Waals surface area (Å²) in [6, 6.07) is 7.12. The van der Waals surface area contributed by atoms with Gasteiger partial charge in [0, 0.05) is 24.3 Å². The Morgan fingerprint density at radius 2 is 2.14 bits per heavy atom. The standard InChI is InChI=1S/C12H18N2/c1-8(2)14-7-11(13)10-6-4-5-9(3)12(10)14/h4-6,8,11H,7,13H2,1-3H3. The van der Waals surface area contributed by atoms with Gasteiger partial charge in [0.05, 0.1) is 0 Å². The van der Waals surface area contributed by atoms with Gasteiger partial charge in [-0.25, -0.2) is 0 Å². The molecule has 0 radical (unpaired) electrons. The van der Waals surface area contributed by atoms with Crippen molar-refractivity contribution in [3.8, 4) is 0 Å². The highest BCUT2D eigenvalue weighted by atomic mass is 15.2. The third-order valence-corrected chi connectivity index (χ3v) is 2.97. The summed E-state index contributed by atoms with van der Waals surface area (Å²) in [7, 11) is 0. The number of para-hydroxylation sites is 1. The van der Waals surface area contributed by atoms with E-state index in [2.05, 4.69) is 43.9 Å². The van der Waals surface area contributed by atoms with Crippen molar-refractivity contribution in [2.45, 2.75) is 32.9 Å². The first-order chi connectivity index (χ1) is 6.61. The zero-order valence-electron chi connectivity index (χ0n) is 9.12. The Bertz CT molecular complexity index is 344. The molecule has 1 aliphatic heterocycles. The van der Waals surface area contributed by atoms with Gasteiger partial charge in [0.15, 0.2) is 0 Å². The van der Waals surface area contributed by atoms with Crippen LogP contribution < -0.4 is 10.6 Å². The first-order valence-electron chi connectivity index (χ1n) is 5.23. The van der Waals surface area contributed by atoms with E-state index in [1.807, 2.05) is 0 Å². The molecule has 0 amide bonds. The van der Waals surface area contributed by atoms with Gasteiger partial charge < -0.3 is 10.6 Å². The molecule has 14 heavy (non-hydrogen) atoms. The van der Waals surface area contributed by atoms with Crippen molar-refractivity contribution in [2.24, 2.45) is 5.73 Å². The summed E-state index contributed by atoms with van der Waals surface area (Å²) < 4.78 is 0. The van der Waals surface area contributed by atoms with E-state index in [0.29, 0.717) is 6.04 Å². The smallest absolute Gasteiger partial charge is 0.0494 e. The fourth-order valence-corrected chi connectivity index (χ4v) is 2.24. The Morgan fingerprint density at radius 3 is 2.79 bits per heavy atom. The predicted molar refractivity (Wildman–Crippen MR) is 60.6 cm³/mol. The molecule has 2 rings (SSSR count). The van der Waals surface area contributed by atoms with E-state index in [-0.39, 0.29) is 6.04 Å². The molecule has 1 unspecified atom stereocenters. The molecular weight excluding hydrogens is 172 g/mol. The molecule has 1 aliphatic rings. The van der Waals surface area contributed by atoms with Gasteiger partial charge in [-0.05, 0) is 31.9 Å². The summed E-state index contributed by atoms with van der Waals surface area (Å²) in [5.74, 6) is 0. The number of nitrogens with two attached hydrogens (primary N) is 1. The third kappa shape index (κ3) is 1.30. The van der Waals surface area contributed by atoms with Crippen LogP contribution in [0.5, 0.6) is 0 Å². The quantitative estimate of drug-likeness (QED) is 0.735. The lowest BCUT2D eigenvalue weighted by molar-refractivity contribution is 0.656. The van der Waals surface area contributed by atoms with E-state index in [9.17, 15) is 0 Å². The molecule has 2 N–H and O–H groups in total. The average molecular weight is 190 g/mol. The van der Waals surface area contributed by atoms with E-state index < -0.39 is 0 Å². The van der Waals surface area contributed by atoms with Crippen LogP contribution in [0.3, 0.4) is 0 Å². The largest absolute Gasteiger partial charge is 0.367 e. The highest BCUT2D eigenvalue weighted by molar-refractivity contribution is 5.65. The Hall–Kier alpha value is -1.02. The normalized spacial score (nSPS) is 20.4. The molecule has 1 aromatic carbocycles. The van der Waals surface area contributed by atoms with Gasteiger partial charge in [0.1, 0.15) is 0 Å². The summed E-state index contributed by atoms with van der Waals surface area (Å²) in [5, 5.41) is 0. The molecule has 0 saturated heterocycles. The number of benzene rings is 1. The van der Waals surface area contributed by atoms with Crippen LogP contribution in [0.1, 0.15) is 31.0 Å². The van der Waals surface area contributed by atoms with Crippen LogP contribution in [-0.4, -0.2) is 12.6 Å². The van der Waals surface area contributed by atoms with Crippen LogP contribution >= 0.6 is 0 Å². The van der Waals surface area contributed by atoms with Gasteiger partial charge in [-0.3, -0.25) is 0 Å². The summed E-state index contributed by atoms with van der Waals surface area (Å²) in [6.07, 6.45) is 0.